The van der Waals surface area contributed by atoms with Gasteiger partial charge in [-0.1, -0.05) is 12.1 Å². The predicted octanol–water partition coefficient (Wildman–Crippen LogP) is 3.06. The van der Waals surface area contributed by atoms with Gasteiger partial charge in [0.15, 0.2) is 5.65 Å². The van der Waals surface area contributed by atoms with E-state index in [9.17, 15) is 21.6 Å². The lowest BCUT2D eigenvalue weighted by Gasteiger charge is -2.26. The summed E-state index contributed by atoms with van der Waals surface area (Å²) in [5.74, 6) is -0.614. The second-order valence-electron chi connectivity index (χ2n) is 9.02. The minimum absolute atomic E-state index is 0.118. The number of nitrogens with one attached hydrogen (secondary N) is 1. The Bertz CT molecular complexity index is 1570. The predicted molar refractivity (Wildman–Crippen MR) is 138 cm³/mol. The second-order valence-corrected chi connectivity index (χ2v) is 10.8. The molecule has 10 nitrogen and oxygen atoms in total. The number of aromatic nitrogens is 4. The molecule has 0 atom stereocenters. The molecular formula is C25H26F3N7O3S. The molecule has 0 bridgehead atoms. The fourth-order valence-electron chi connectivity index (χ4n) is 4.29. The molecule has 1 fully saturated rings. The summed E-state index contributed by atoms with van der Waals surface area (Å²) in [5.41, 5.74) is 6.38. The summed E-state index contributed by atoms with van der Waals surface area (Å²) >= 11 is 0. The lowest BCUT2D eigenvalue weighted by atomic mass is 10.1. The number of hydrogen-bond donors (Lipinski definition) is 2. The molecule has 0 amide bonds. The number of morpholine rings is 1. The Morgan fingerprint density at radius 3 is 2.46 bits per heavy atom. The molecule has 3 N–H and O–H groups in total. The van der Waals surface area contributed by atoms with E-state index in [1.807, 2.05) is 0 Å². The van der Waals surface area contributed by atoms with Gasteiger partial charge < -0.3 is 10.5 Å². The van der Waals surface area contributed by atoms with Gasteiger partial charge in [0.25, 0.3) is 0 Å². The van der Waals surface area contributed by atoms with E-state index in [1.54, 1.807) is 30.5 Å². The summed E-state index contributed by atoms with van der Waals surface area (Å²) in [6, 6.07) is 10.3. The van der Waals surface area contributed by atoms with E-state index in [0.717, 1.165) is 25.7 Å². The third-order valence-corrected chi connectivity index (χ3v) is 7.87. The number of pyridine rings is 1. The monoisotopic (exact) mass is 561 g/mol. The number of sulfonamides is 1. The summed E-state index contributed by atoms with van der Waals surface area (Å²) in [7, 11) is -3.69. The molecule has 4 aromatic rings. The van der Waals surface area contributed by atoms with Gasteiger partial charge in [-0.2, -0.15) is 18.3 Å². The van der Waals surface area contributed by atoms with Gasteiger partial charge in [0.2, 0.25) is 10.0 Å². The van der Waals surface area contributed by atoms with Crippen LogP contribution in [0.15, 0.2) is 59.8 Å². The van der Waals surface area contributed by atoms with Crippen LogP contribution in [-0.2, 0) is 20.9 Å². The van der Waals surface area contributed by atoms with Crippen LogP contribution in [0, 0.1) is 0 Å². The van der Waals surface area contributed by atoms with Crippen molar-refractivity contribution in [1.29, 1.82) is 0 Å². The van der Waals surface area contributed by atoms with Crippen molar-refractivity contribution in [3.63, 3.8) is 0 Å². The Hall–Kier alpha value is -3.59. The molecule has 5 rings (SSSR count). The maximum Gasteiger partial charge on any atom is 0.419 e. The number of fused-ring (bicyclic) bond motifs is 1. The molecule has 1 saturated heterocycles. The van der Waals surface area contributed by atoms with Crippen molar-refractivity contribution in [3.8, 4) is 22.5 Å². The van der Waals surface area contributed by atoms with Crippen LogP contribution >= 0.6 is 0 Å². The molecular weight excluding hydrogens is 535 g/mol. The highest BCUT2D eigenvalue weighted by Crippen LogP contribution is 2.35. The highest BCUT2D eigenvalue weighted by Gasteiger charge is 2.34. The molecule has 1 aromatic carbocycles. The molecule has 39 heavy (non-hydrogen) atoms. The zero-order valence-electron chi connectivity index (χ0n) is 20.7. The minimum atomic E-state index is -4.66. The van der Waals surface area contributed by atoms with Crippen molar-refractivity contribution < 1.29 is 26.3 Å². The van der Waals surface area contributed by atoms with Gasteiger partial charge in [0.1, 0.15) is 5.82 Å². The zero-order valence-corrected chi connectivity index (χ0v) is 21.5. The van der Waals surface area contributed by atoms with Crippen LogP contribution in [-0.4, -0.2) is 72.3 Å². The SMILES string of the molecule is Nc1ncc(-c2ccc3ncc(-c4ccc(S(=O)(=O)NCCCN5CCOCC5)cc4)n3n2)cc1C(F)(F)F. The smallest absolute Gasteiger partial charge is 0.383 e. The molecule has 0 aliphatic carbocycles. The van der Waals surface area contributed by atoms with Crippen molar-refractivity contribution in [2.75, 3.05) is 45.1 Å². The molecule has 0 spiro atoms. The molecule has 1 aliphatic heterocycles. The van der Waals surface area contributed by atoms with E-state index >= 15 is 0 Å². The number of anilines is 1. The number of imidazole rings is 1. The molecule has 4 heterocycles. The Balaban J connectivity index is 1.33. The fraction of sp³-hybridized carbons (Fsp3) is 0.320. The van der Waals surface area contributed by atoms with Crippen LogP contribution in [0.25, 0.3) is 28.2 Å². The number of nitrogens with zero attached hydrogens (tertiary/aromatic N) is 5. The molecule has 0 saturated carbocycles. The van der Waals surface area contributed by atoms with E-state index in [1.165, 1.54) is 22.8 Å². The van der Waals surface area contributed by atoms with E-state index in [0.29, 0.717) is 43.1 Å². The van der Waals surface area contributed by atoms with Crippen LogP contribution in [0.4, 0.5) is 19.0 Å². The lowest BCUT2D eigenvalue weighted by Crippen LogP contribution is -2.38. The number of benzene rings is 1. The maximum absolute atomic E-state index is 13.3. The van der Waals surface area contributed by atoms with Crippen molar-refractivity contribution in [2.45, 2.75) is 17.5 Å². The Morgan fingerprint density at radius 1 is 1.00 bits per heavy atom. The molecule has 14 heteroatoms. The van der Waals surface area contributed by atoms with Crippen LogP contribution in [0.2, 0.25) is 0 Å². The third-order valence-electron chi connectivity index (χ3n) is 6.39. The number of ether oxygens (including phenoxy) is 1. The summed E-state index contributed by atoms with van der Waals surface area (Å²) in [5, 5.41) is 4.46. The van der Waals surface area contributed by atoms with Crippen LogP contribution in [0.5, 0.6) is 0 Å². The average Bonchev–Trinajstić information content (AvgIpc) is 3.35. The maximum atomic E-state index is 13.3. The summed E-state index contributed by atoms with van der Waals surface area (Å²) < 4.78 is 74.8. The Labute approximate surface area is 222 Å². The molecule has 0 unspecified atom stereocenters. The number of nitrogens with two attached hydrogens (primary N) is 1. The molecule has 1 aliphatic rings. The minimum Gasteiger partial charge on any atom is -0.383 e. The van der Waals surface area contributed by atoms with Crippen LogP contribution in [0.1, 0.15) is 12.0 Å². The van der Waals surface area contributed by atoms with Gasteiger partial charge in [0, 0.05) is 37.0 Å². The zero-order chi connectivity index (χ0) is 27.6. The first kappa shape index (κ1) is 27.0. The fourth-order valence-corrected chi connectivity index (χ4v) is 5.36. The molecule has 206 valence electrons. The largest absolute Gasteiger partial charge is 0.419 e. The van der Waals surface area contributed by atoms with Gasteiger partial charge >= 0.3 is 6.18 Å². The van der Waals surface area contributed by atoms with Gasteiger partial charge in [-0.05, 0) is 43.3 Å². The number of nitrogen functional groups attached to an aromatic ring is 1. The summed E-state index contributed by atoms with van der Waals surface area (Å²) in [6.07, 6.45) is -1.19. The van der Waals surface area contributed by atoms with Crippen LogP contribution in [0.3, 0.4) is 0 Å². The Kier molecular flexibility index (Phi) is 7.53. The first-order valence-electron chi connectivity index (χ1n) is 12.2. The highest BCUT2D eigenvalue weighted by molar-refractivity contribution is 7.89. The average molecular weight is 562 g/mol. The Morgan fingerprint density at radius 2 is 1.74 bits per heavy atom. The molecule has 0 radical (unpaired) electrons. The van der Waals surface area contributed by atoms with Crippen molar-refractivity contribution in [3.05, 3.63) is 60.4 Å². The quantitative estimate of drug-likeness (QED) is 0.314. The number of rotatable bonds is 8. The summed E-state index contributed by atoms with van der Waals surface area (Å²) in [6.45, 7) is 4.19. The van der Waals surface area contributed by atoms with Crippen molar-refractivity contribution >= 4 is 21.5 Å². The van der Waals surface area contributed by atoms with Gasteiger partial charge in [-0.25, -0.2) is 27.6 Å². The van der Waals surface area contributed by atoms with Crippen molar-refractivity contribution in [1.82, 2.24) is 29.2 Å². The van der Waals surface area contributed by atoms with Gasteiger partial charge in [-0.3, -0.25) is 4.90 Å². The van der Waals surface area contributed by atoms with E-state index in [-0.39, 0.29) is 16.2 Å². The molecule has 3 aromatic heterocycles. The number of halogens is 3. The van der Waals surface area contributed by atoms with Gasteiger partial charge in [0.05, 0.1) is 41.3 Å². The second kappa shape index (κ2) is 10.9. The topological polar surface area (TPSA) is 128 Å². The van der Waals surface area contributed by atoms with Crippen LogP contribution < -0.4 is 10.5 Å². The van der Waals surface area contributed by atoms with Crippen molar-refractivity contribution in [2.24, 2.45) is 0 Å². The first-order chi connectivity index (χ1) is 18.6. The highest BCUT2D eigenvalue weighted by atomic mass is 32.2. The summed E-state index contributed by atoms with van der Waals surface area (Å²) in [4.78, 5) is 10.3. The normalized spacial score (nSPS) is 15.2. The third kappa shape index (κ3) is 6.03. The number of hydrogen-bond acceptors (Lipinski definition) is 8. The van der Waals surface area contributed by atoms with E-state index in [4.69, 9.17) is 10.5 Å². The van der Waals surface area contributed by atoms with E-state index < -0.39 is 27.6 Å². The van der Waals surface area contributed by atoms with E-state index in [2.05, 4.69) is 24.7 Å². The lowest BCUT2D eigenvalue weighted by molar-refractivity contribution is -0.137. The number of alkyl halides is 3. The van der Waals surface area contributed by atoms with Gasteiger partial charge in [-0.15, -0.1) is 0 Å². The first-order valence-corrected chi connectivity index (χ1v) is 13.7. The standard InChI is InChI=1S/C25H26F3N7O3S/c26-25(27,28)20-14-18(15-31-24(20)29)21-6-7-23-30-16-22(35(23)33-21)17-2-4-19(5-3-17)39(36,37)32-8-1-9-34-10-12-38-13-11-34/h2-7,14-16,32H,1,8-13H2,(H2,29,31).